The Labute approximate surface area is 94.1 Å². The fourth-order valence-electron chi connectivity index (χ4n) is 1.50. The number of primary amides is 1. The fraction of sp³-hybridized carbons (Fsp3) is 0.364. The number of hydrogen-bond acceptors (Lipinski definition) is 4. The molecular formula is C11H16N2O3. The lowest BCUT2D eigenvalue weighted by atomic mass is 10.1. The number of carbonyl (C=O) groups excluding carboxylic acids is 1. The molecule has 5 heteroatoms. The predicted octanol–water partition coefficient (Wildman–Crippen LogP) is 0.576. The van der Waals surface area contributed by atoms with Crippen LogP contribution in [0.1, 0.15) is 18.5 Å². The first kappa shape index (κ1) is 12.3. The van der Waals surface area contributed by atoms with E-state index in [0.717, 1.165) is 5.56 Å². The lowest BCUT2D eigenvalue weighted by Crippen LogP contribution is -2.32. The molecule has 1 aromatic rings. The summed E-state index contributed by atoms with van der Waals surface area (Å²) in [5, 5.41) is 18.7. The molecule has 1 unspecified atom stereocenters. The molecule has 0 spiro atoms. The van der Waals surface area contributed by atoms with Gasteiger partial charge in [-0.15, -0.1) is 0 Å². The van der Waals surface area contributed by atoms with Crippen LogP contribution >= 0.6 is 0 Å². The summed E-state index contributed by atoms with van der Waals surface area (Å²) in [6, 6.07) is 4.22. The highest BCUT2D eigenvalue weighted by Crippen LogP contribution is 2.27. The molecule has 1 atom stereocenters. The standard InChI is InChI=1S/C11H16N2O3/c1-7(13(2)6-11(12)16)8-3-9(14)5-10(15)4-8/h3-5,7,14-15H,6H2,1-2H3,(H2,12,16). The quantitative estimate of drug-likeness (QED) is 0.698. The van der Waals surface area contributed by atoms with Crippen LogP contribution in [-0.2, 0) is 4.79 Å². The van der Waals surface area contributed by atoms with E-state index in [0.29, 0.717) is 0 Å². The molecule has 16 heavy (non-hydrogen) atoms. The highest BCUT2D eigenvalue weighted by molar-refractivity contribution is 5.75. The molecule has 0 fully saturated rings. The molecule has 1 rings (SSSR count). The van der Waals surface area contributed by atoms with Crippen molar-refractivity contribution in [3.63, 3.8) is 0 Å². The van der Waals surface area contributed by atoms with Crippen LogP contribution in [0.3, 0.4) is 0 Å². The van der Waals surface area contributed by atoms with Gasteiger partial charge in [-0.05, 0) is 31.7 Å². The molecule has 0 radical (unpaired) electrons. The molecule has 0 aliphatic rings. The van der Waals surface area contributed by atoms with E-state index < -0.39 is 5.91 Å². The van der Waals surface area contributed by atoms with Gasteiger partial charge in [0, 0.05) is 12.1 Å². The van der Waals surface area contributed by atoms with Gasteiger partial charge in [-0.2, -0.15) is 0 Å². The Balaban J connectivity index is 2.86. The second kappa shape index (κ2) is 4.85. The minimum Gasteiger partial charge on any atom is -0.508 e. The Morgan fingerprint density at radius 3 is 2.31 bits per heavy atom. The monoisotopic (exact) mass is 224 g/mol. The van der Waals surface area contributed by atoms with E-state index in [9.17, 15) is 15.0 Å². The van der Waals surface area contributed by atoms with E-state index in [2.05, 4.69) is 0 Å². The molecule has 5 nitrogen and oxygen atoms in total. The molecule has 88 valence electrons. The van der Waals surface area contributed by atoms with Crippen molar-refractivity contribution >= 4 is 5.91 Å². The van der Waals surface area contributed by atoms with E-state index in [1.165, 1.54) is 6.07 Å². The maximum absolute atomic E-state index is 10.8. The topological polar surface area (TPSA) is 86.8 Å². The highest BCUT2D eigenvalue weighted by Gasteiger charge is 2.14. The number of benzene rings is 1. The van der Waals surface area contributed by atoms with E-state index in [4.69, 9.17) is 5.73 Å². The third-order valence-corrected chi connectivity index (χ3v) is 2.47. The first-order valence-corrected chi connectivity index (χ1v) is 4.91. The molecule has 1 amide bonds. The van der Waals surface area contributed by atoms with Gasteiger partial charge in [-0.25, -0.2) is 0 Å². The van der Waals surface area contributed by atoms with Crippen molar-refractivity contribution in [2.24, 2.45) is 5.73 Å². The van der Waals surface area contributed by atoms with Gasteiger partial charge in [0.25, 0.3) is 0 Å². The number of hydrogen-bond donors (Lipinski definition) is 3. The minimum absolute atomic E-state index is 0.00525. The number of rotatable bonds is 4. The Bertz CT molecular complexity index is 373. The van der Waals surface area contributed by atoms with Crippen LogP contribution in [0.2, 0.25) is 0 Å². The van der Waals surface area contributed by atoms with Crippen LogP contribution in [0, 0.1) is 0 Å². The fourth-order valence-corrected chi connectivity index (χ4v) is 1.50. The SMILES string of the molecule is CC(c1cc(O)cc(O)c1)N(C)CC(N)=O. The molecule has 4 N–H and O–H groups in total. The molecule has 0 aromatic heterocycles. The summed E-state index contributed by atoms with van der Waals surface area (Å²) in [6.07, 6.45) is 0. The zero-order valence-electron chi connectivity index (χ0n) is 9.34. The number of phenols is 2. The lowest BCUT2D eigenvalue weighted by molar-refractivity contribution is -0.119. The van der Waals surface area contributed by atoms with Crippen LogP contribution in [0.15, 0.2) is 18.2 Å². The Morgan fingerprint density at radius 2 is 1.88 bits per heavy atom. The van der Waals surface area contributed by atoms with E-state index >= 15 is 0 Å². The van der Waals surface area contributed by atoms with Crippen LogP contribution < -0.4 is 5.73 Å². The number of carbonyl (C=O) groups is 1. The van der Waals surface area contributed by atoms with Crippen molar-refractivity contribution < 1.29 is 15.0 Å². The second-order valence-electron chi connectivity index (χ2n) is 3.84. The van der Waals surface area contributed by atoms with Crippen LogP contribution in [0.4, 0.5) is 0 Å². The molecule has 0 aliphatic heterocycles. The normalized spacial score (nSPS) is 12.7. The smallest absolute Gasteiger partial charge is 0.231 e. The lowest BCUT2D eigenvalue weighted by Gasteiger charge is -2.23. The highest BCUT2D eigenvalue weighted by atomic mass is 16.3. The predicted molar refractivity (Wildman–Crippen MR) is 60.0 cm³/mol. The van der Waals surface area contributed by atoms with Crippen molar-refractivity contribution in [1.29, 1.82) is 0 Å². The largest absolute Gasteiger partial charge is 0.508 e. The average Bonchev–Trinajstić information content (AvgIpc) is 2.13. The number of nitrogens with two attached hydrogens (primary N) is 1. The molecule has 0 saturated carbocycles. The first-order valence-electron chi connectivity index (χ1n) is 4.91. The van der Waals surface area contributed by atoms with Crippen molar-refractivity contribution in [2.75, 3.05) is 13.6 Å². The Hall–Kier alpha value is -1.75. The first-order chi connectivity index (χ1) is 7.40. The number of aromatic hydroxyl groups is 2. The number of nitrogens with zero attached hydrogens (tertiary/aromatic N) is 1. The van der Waals surface area contributed by atoms with Gasteiger partial charge >= 0.3 is 0 Å². The summed E-state index contributed by atoms with van der Waals surface area (Å²) < 4.78 is 0. The van der Waals surface area contributed by atoms with Crippen molar-refractivity contribution in [1.82, 2.24) is 4.90 Å². The minimum atomic E-state index is -0.418. The van der Waals surface area contributed by atoms with Crippen molar-refractivity contribution in [3.8, 4) is 11.5 Å². The molecule has 0 heterocycles. The van der Waals surface area contributed by atoms with E-state index in [-0.39, 0.29) is 24.1 Å². The van der Waals surface area contributed by atoms with Crippen LogP contribution in [0.5, 0.6) is 11.5 Å². The van der Waals surface area contributed by atoms with Gasteiger partial charge in [-0.1, -0.05) is 0 Å². The van der Waals surface area contributed by atoms with Crippen LogP contribution in [-0.4, -0.2) is 34.6 Å². The maximum atomic E-state index is 10.8. The van der Waals surface area contributed by atoms with Gasteiger partial charge < -0.3 is 15.9 Å². The number of likely N-dealkylation sites (N-methyl/N-ethyl adjacent to an activating group) is 1. The zero-order chi connectivity index (χ0) is 12.3. The Morgan fingerprint density at radius 1 is 1.38 bits per heavy atom. The summed E-state index contributed by atoms with van der Waals surface area (Å²) in [5.41, 5.74) is 5.81. The van der Waals surface area contributed by atoms with Crippen LogP contribution in [0.25, 0.3) is 0 Å². The van der Waals surface area contributed by atoms with E-state index in [1.807, 2.05) is 6.92 Å². The molecular weight excluding hydrogens is 208 g/mol. The molecule has 1 aromatic carbocycles. The van der Waals surface area contributed by atoms with Crippen molar-refractivity contribution in [2.45, 2.75) is 13.0 Å². The average molecular weight is 224 g/mol. The summed E-state index contributed by atoms with van der Waals surface area (Å²) in [4.78, 5) is 12.5. The number of phenolic OH excluding ortho intramolecular Hbond substituents is 2. The summed E-state index contributed by atoms with van der Waals surface area (Å²) >= 11 is 0. The Kier molecular flexibility index (Phi) is 3.73. The second-order valence-corrected chi connectivity index (χ2v) is 3.84. The number of amides is 1. The molecule has 0 aliphatic carbocycles. The van der Waals surface area contributed by atoms with Gasteiger partial charge in [0.2, 0.25) is 5.91 Å². The zero-order valence-corrected chi connectivity index (χ0v) is 9.34. The maximum Gasteiger partial charge on any atom is 0.231 e. The van der Waals surface area contributed by atoms with Gasteiger partial charge in [0.1, 0.15) is 11.5 Å². The summed E-state index contributed by atoms with van der Waals surface area (Å²) in [5.74, 6) is -0.428. The van der Waals surface area contributed by atoms with Gasteiger partial charge in [0.15, 0.2) is 0 Å². The third kappa shape index (κ3) is 3.13. The van der Waals surface area contributed by atoms with Crippen molar-refractivity contribution in [3.05, 3.63) is 23.8 Å². The molecule has 0 saturated heterocycles. The summed E-state index contributed by atoms with van der Waals surface area (Å²) in [7, 11) is 1.75. The van der Waals surface area contributed by atoms with E-state index in [1.54, 1.807) is 24.1 Å². The molecule has 0 bridgehead atoms. The van der Waals surface area contributed by atoms with Gasteiger partial charge in [0.05, 0.1) is 6.54 Å². The third-order valence-electron chi connectivity index (χ3n) is 2.47. The van der Waals surface area contributed by atoms with Gasteiger partial charge in [-0.3, -0.25) is 9.69 Å². The summed E-state index contributed by atoms with van der Waals surface area (Å²) in [6.45, 7) is 1.98.